The normalized spacial score (nSPS) is 11.7. The highest BCUT2D eigenvalue weighted by atomic mass is 32.2. The van der Waals surface area contributed by atoms with E-state index in [0.29, 0.717) is 8.68 Å². The van der Waals surface area contributed by atoms with Gasteiger partial charge in [-0.25, -0.2) is 0 Å². The number of nitrogens with one attached hydrogen (secondary N) is 1. The second-order valence-electron chi connectivity index (χ2n) is 5.35. The summed E-state index contributed by atoms with van der Waals surface area (Å²) < 4.78 is 1.30. The topological polar surface area (TPSA) is 98.0 Å². The number of primary amides is 1. The lowest BCUT2D eigenvalue weighted by atomic mass is 10.1. The molecule has 0 aliphatic rings. The minimum Gasteiger partial charge on any atom is -0.369 e. The van der Waals surface area contributed by atoms with E-state index in [1.807, 2.05) is 60.7 Å². The molecule has 2 aromatic carbocycles. The van der Waals surface area contributed by atoms with Gasteiger partial charge in [-0.1, -0.05) is 83.4 Å². The molecule has 9 heteroatoms. The number of anilines is 1. The van der Waals surface area contributed by atoms with Crippen LogP contribution in [0.3, 0.4) is 0 Å². The van der Waals surface area contributed by atoms with Gasteiger partial charge in [0, 0.05) is 5.69 Å². The number of thioether (sulfide) groups is 2. The van der Waals surface area contributed by atoms with Crippen LogP contribution in [-0.4, -0.2) is 27.8 Å². The third-order valence-electron chi connectivity index (χ3n) is 3.33. The zero-order valence-corrected chi connectivity index (χ0v) is 16.5. The summed E-state index contributed by atoms with van der Waals surface area (Å²) in [4.78, 5) is 23.8. The molecule has 0 aliphatic heterocycles. The van der Waals surface area contributed by atoms with Gasteiger partial charge in [0.05, 0.1) is 5.75 Å². The van der Waals surface area contributed by atoms with Crippen LogP contribution in [0.5, 0.6) is 0 Å². The third kappa shape index (κ3) is 5.81. The minimum atomic E-state index is -0.478. The Morgan fingerprint density at radius 1 is 1.00 bits per heavy atom. The molecular weight excluding hydrogens is 400 g/mol. The summed E-state index contributed by atoms with van der Waals surface area (Å²) >= 11 is 3.90. The lowest BCUT2D eigenvalue weighted by Gasteiger charge is -2.15. The molecule has 6 nitrogen and oxygen atoms in total. The molecule has 0 fully saturated rings. The van der Waals surface area contributed by atoms with Crippen LogP contribution in [0.2, 0.25) is 0 Å². The Labute approximate surface area is 169 Å². The van der Waals surface area contributed by atoms with Crippen molar-refractivity contribution in [3.8, 4) is 0 Å². The fourth-order valence-corrected chi connectivity index (χ4v) is 5.12. The highest BCUT2D eigenvalue weighted by molar-refractivity contribution is 8.04. The highest BCUT2D eigenvalue weighted by Crippen LogP contribution is 2.39. The fraction of sp³-hybridized carbons (Fsp3) is 0.111. The molecule has 2 amide bonds. The lowest BCUT2D eigenvalue weighted by Crippen LogP contribution is -2.18. The molecule has 0 spiro atoms. The Morgan fingerprint density at radius 2 is 1.63 bits per heavy atom. The molecule has 0 saturated heterocycles. The Kier molecular flexibility index (Phi) is 6.86. The summed E-state index contributed by atoms with van der Waals surface area (Å²) in [6, 6.07) is 18.8. The van der Waals surface area contributed by atoms with Gasteiger partial charge in [0.1, 0.15) is 5.25 Å². The summed E-state index contributed by atoms with van der Waals surface area (Å²) in [5.41, 5.74) is 6.76. The van der Waals surface area contributed by atoms with E-state index in [-0.39, 0.29) is 11.7 Å². The number of para-hydroxylation sites is 1. The number of nitrogens with two attached hydrogens (primary N) is 1. The lowest BCUT2D eigenvalue weighted by molar-refractivity contribution is -0.116. The van der Waals surface area contributed by atoms with Gasteiger partial charge in [-0.2, -0.15) is 0 Å². The van der Waals surface area contributed by atoms with Crippen molar-refractivity contribution in [1.82, 2.24) is 10.2 Å². The molecule has 3 rings (SSSR count). The van der Waals surface area contributed by atoms with E-state index in [9.17, 15) is 9.59 Å². The molecule has 3 N–H and O–H groups in total. The van der Waals surface area contributed by atoms with Gasteiger partial charge in [0.2, 0.25) is 11.8 Å². The smallest absolute Gasteiger partial charge is 0.242 e. The maximum Gasteiger partial charge on any atom is 0.242 e. The van der Waals surface area contributed by atoms with E-state index >= 15 is 0 Å². The average Bonchev–Trinajstić information content (AvgIpc) is 3.13. The SMILES string of the molecule is NC(=O)CSc1nnc(SC(C(=O)Nc2ccccc2)c2ccccc2)s1. The Bertz CT molecular complexity index is 903. The van der Waals surface area contributed by atoms with E-state index in [0.717, 1.165) is 11.3 Å². The zero-order valence-electron chi connectivity index (χ0n) is 14.1. The van der Waals surface area contributed by atoms with Crippen LogP contribution in [0.15, 0.2) is 69.3 Å². The molecule has 1 heterocycles. The van der Waals surface area contributed by atoms with Crippen LogP contribution >= 0.6 is 34.9 Å². The maximum atomic E-state index is 12.9. The van der Waals surface area contributed by atoms with E-state index in [4.69, 9.17) is 5.73 Å². The molecule has 1 unspecified atom stereocenters. The van der Waals surface area contributed by atoms with Gasteiger partial charge in [-0.05, 0) is 17.7 Å². The molecule has 3 aromatic rings. The largest absolute Gasteiger partial charge is 0.369 e. The first kappa shape index (κ1) is 19.4. The van der Waals surface area contributed by atoms with Crippen LogP contribution in [0.25, 0.3) is 0 Å². The molecule has 0 aliphatic carbocycles. The molecule has 27 heavy (non-hydrogen) atoms. The highest BCUT2D eigenvalue weighted by Gasteiger charge is 2.24. The number of hydrogen-bond acceptors (Lipinski definition) is 7. The number of carbonyl (C=O) groups is 2. The number of benzene rings is 2. The number of carbonyl (C=O) groups excluding carboxylic acids is 2. The monoisotopic (exact) mass is 416 g/mol. The van der Waals surface area contributed by atoms with Crippen LogP contribution < -0.4 is 11.1 Å². The van der Waals surface area contributed by atoms with Gasteiger partial charge in [-0.15, -0.1) is 10.2 Å². The molecule has 0 bridgehead atoms. The fourth-order valence-electron chi connectivity index (χ4n) is 2.17. The first-order chi connectivity index (χ1) is 13.1. The second kappa shape index (κ2) is 9.54. The number of aromatic nitrogens is 2. The van der Waals surface area contributed by atoms with Crippen molar-refractivity contribution in [2.24, 2.45) is 5.73 Å². The zero-order chi connectivity index (χ0) is 19.1. The summed E-state index contributed by atoms with van der Waals surface area (Å²) in [6.45, 7) is 0. The summed E-state index contributed by atoms with van der Waals surface area (Å²) in [7, 11) is 0. The van der Waals surface area contributed by atoms with Crippen molar-refractivity contribution in [3.63, 3.8) is 0 Å². The Hall–Kier alpha value is -2.36. The maximum absolute atomic E-state index is 12.9. The summed E-state index contributed by atoms with van der Waals surface area (Å²) in [6.07, 6.45) is 0. The molecule has 0 saturated carbocycles. The van der Waals surface area contributed by atoms with Gasteiger partial charge >= 0.3 is 0 Å². The number of hydrogen-bond donors (Lipinski definition) is 2. The van der Waals surface area contributed by atoms with Crippen molar-refractivity contribution in [2.75, 3.05) is 11.1 Å². The van der Waals surface area contributed by atoms with Crippen molar-refractivity contribution < 1.29 is 9.59 Å². The molecule has 138 valence electrons. The predicted octanol–water partition coefficient (Wildman–Crippen LogP) is 3.59. The van der Waals surface area contributed by atoms with Gasteiger partial charge in [0.25, 0.3) is 0 Å². The van der Waals surface area contributed by atoms with Crippen molar-refractivity contribution in [2.45, 2.75) is 13.9 Å². The standard InChI is InChI=1S/C18H16N4O2S3/c19-14(23)11-25-17-21-22-18(27-17)26-15(12-7-3-1-4-8-12)16(24)20-13-9-5-2-6-10-13/h1-10,15H,11H2,(H2,19,23)(H,20,24). The van der Waals surface area contributed by atoms with Crippen LogP contribution in [0.4, 0.5) is 5.69 Å². The number of nitrogens with zero attached hydrogens (tertiary/aromatic N) is 2. The summed E-state index contributed by atoms with van der Waals surface area (Å²) in [5.74, 6) is -0.400. The Morgan fingerprint density at radius 3 is 2.30 bits per heavy atom. The van der Waals surface area contributed by atoms with Crippen LogP contribution in [0.1, 0.15) is 10.8 Å². The van der Waals surface area contributed by atoms with Gasteiger partial charge in [-0.3, -0.25) is 9.59 Å². The summed E-state index contributed by atoms with van der Waals surface area (Å²) in [5, 5.41) is 10.6. The average molecular weight is 417 g/mol. The number of rotatable bonds is 8. The first-order valence-electron chi connectivity index (χ1n) is 7.94. The van der Waals surface area contributed by atoms with E-state index in [1.165, 1.54) is 34.9 Å². The van der Waals surface area contributed by atoms with Crippen LogP contribution in [-0.2, 0) is 9.59 Å². The quantitative estimate of drug-likeness (QED) is 0.545. The van der Waals surface area contributed by atoms with Crippen molar-refractivity contribution in [1.29, 1.82) is 0 Å². The van der Waals surface area contributed by atoms with Gasteiger partial charge < -0.3 is 11.1 Å². The van der Waals surface area contributed by atoms with Crippen molar-refractivity contribution >= 4 is 52.4 Å². The first-order valence-corrected chi connectivity index (χ1v) is 10.6. The van der Waals surface area contributed by atoms with E-state index in [2.05, 4.69) is 15.5 Å². The predicted molar refractivity (Wildman–Crippen MR) is 110 cm³/mol. The molecule has 1 aromatic heterocycles. The van der Waals surface area contributed by atoms with Gasteiger partial charge in [0.15, 0.2) is 8.68 Å². The third-order valence-corrected chi connectivity index (χ3v) is 6.74. The Balaban J connectivity index is 1.76. The molecule has 0 radical (unpaired) electrons. The molecular formula is C18H16N4O2S3. The van der Waals surface area contributed by atoms with Crippen molar-refractivity contribution in [3.05, 3.63) is 66.2 Å². The second-order valence-corrected chi connectivity index (χ2v) is 8.90. The number of amides is 2. The van der Waals surface area contributed by atoms with Crippen LogP contribution in [0, 0.1) is 0 Å². The van der Waals surface area contributed by atoms with E-state index in [1.54, 1.807) is 0 Å². The van der Waals surface area contributed by atoms with E-state index < -0.39 is 11.2 Å². The molecule has 1 atom stereocenters. The minimum absolute atomic E-state index is 0.140.